The Morgan fingerprint density at radius 1 is 1.47 bits per heavy atom. The molecular formula is C13H14ClNO2. The van der Waals surface area contributed by atoms with Gasteiger partial charge in [-0.15, -0.1) is 0 Å². The van der Waals surface area contributed by atoms with Crippen LogP contribution in [0.1, 0.15) is 18.9 Å². The van der Waals surface area contributed by atoms with Crippen molar-refractivity contribution in [3.05, 3.63) is 35.0 Å². The lowest BCUT2D eigenvalue weighted by Gasteiger charge is -2.00. The minimum Gasteiger partial charge on any atom is -0.481 e. The fraction of sp³-hybridized carbons (Fsp3) is 0.308. The fourth-order valence-corrected chi connectivity index (χ4v) is 2.38. The highest BCUT2D eigenvalue weighted by molar-refractivity contribution is 6.35. The first-order valence-corrected chi connectivity index (χ1v) is 5.99. The molecule has 1 heterocycles. The number of halogens is 1. The molecule has 1 aromatic carbocycles. The Morgan fingerprint density at radius 3 is 2.88 bits per heavy atom. The molecule has 0 bridgehead atoms. The molecule has 0 aliphatic rings. The van der Waals surface area contributed by atoms with Crippen LogP contribution in [-0.2, 0) is 17.8 Å². The second-order valence-corrected chi connectivity index (χ2v) is 4.38. The van der Waals surface area contributed by atoms with E-state index in [1.165, 1.54) is 0 Å². The first-order valence-electron chi connectivity index (χ1n) is 5.61. The summed E-state index contributed by atoms with van der Waals surface area (Å²) >= 11 is 6.19. The van der Waals surface area contributed by atoms with Gasteiger partial charge < -0.3 is 9.67 Å². The van der Waals surface area contributed by atoms with Crippen LogP contribution in [0.4, 0.5) is 0 Å². The summed E-state index contributed by atoms with van der Waals surface area (Å²) in [5.41, 5.74) is 2.08. The van der Waals surface area contributed by atoms with Crippen molar-refractivity contribution in [1.82, 2.24) is 4.57 Å². The normalized spacial score (nSPS) is 10.9. The van der Waals surface area contributed by atoms with Crippen LogP contribution in [0, 0.1) is 0 Å². The molecule has 0 fully saturated rings. The summed E-state index contributed by atoms with van der Waals surface area (Å²) in [5, 5.41) is 10.4. The van der Waals surface area contributed by atoms with Crippen LogP contribution >= 0.6 is 11.6 Å². The van der Waals surface area contributed by atoms with Crippen molar-refractivity contribution >= 4 is 28.5 Å². The maximum atomic E-state index is 10.6. The average molecular weight is 252 g/mol. The molecule has 0 spiro atoms. The van der Waals surface area contributed by atoms with E-state index in [-0.39, 0.29) is 6.42 Å². The second-order valence-electron chi connectivity index (χ2n) is 3.97. The van der Waals surface area contributed by atoms with E-state index < -0.39 is 5.97 Å². The van der Waals surface area contributed by atoms with Crippen molar-refractivity contribution in [2.75, 3.05) is 0 Å². The molecular weight excluding hydrogens is 238 g/mol. The number of benzene rings is 1. The predicted octanol–water partition coefficient (Wildman–Crippen LogP) is 3.33. The smallest absolute Gasteiger partial charge is 0.303 e. The number of aromatic nitrogens is 1. The standard InChI is InChI=1S/C13H14ClNO2/c1-2-15-8-9(6-7-12(16)17)13-10(14)4-3-5-11(13)15/h3-5,8H,2,6-7H2,1H3,(H,16,17). The second kappa shape index (κ2) is 4.80. The molecule has 2 rings (SSSR count). The molecule has 0 atom stereocenters. The van der Waals surface area contributed by atoms with Gasteiger partial charge in [0.1, 0.15) is 0 Å². The van der Waals surface area contributed by atoms with E-state index in [0.717, 1.165) is 23.0 Å². The number of aliphatic carboxylic acids is 1. The molecule has 2 aromatic rings. The van der Waals surface area contributed by atoms with Gasteiger partial charge in [0.25, 0.3) is 0 Å². The van der Waals surface area contributed by atoms with E-state index in [1.807, 2.05) is 24.4 Å². The fourth-order valence-electron chi connectivity index (χ4n) is 2.08. The number of hydrogen-bond acceptors (Lipinski definition) is 1. The summed E-state index contributed by atoms with van der Waals surface area (Å²) in [6, 6.07) is 5.76. The van der Waals surface area contributed by atoms with Gasteiger partial charge in [-0.25, -0.2) is 0 Å². The van der Waals surface area contributed by atoms with Crippen molar-refractivity contribution in [2.45, 2.75) is 26.3 Å². The third kappa shape index (κ3) is 2.29. The predicted molar refractivity (Wildman–Crippen MR) is 68.6 cm³/mol. The van der Waals surface area contributed by atoms with E-state index in [9.17, 15) is 4.79 Å². The highest BCUT2D eigenvalue weighted by Gasteiger charge is 2.11. The molecule has 1 aromatic heterocycles. The van der Waals surface area contributed by atoms with Crippen molar-refractivity contribution in [3.8, 4) is 0 Å². The lowest BCUT2D eigenvalue weighted by molar-refractivity contribution is -0.136. The Kier molecular flexibility index (Phi) is 3.38. The summed E-state index contributed by atoms with van der Waals surface area (Å²) < 4.78 is 2.10. The van der Waals surface area contributed by atoms with Crippen LogP contribution in [0.5, 0.6) is 0 Å². The zero-order chi connectivity index (χ0) is 12.4. The van der Waals surface area contributed by atoms with Crippen LogP contribution in [0.25, 0.3) is 10.9 Å². The third-order valence-electron chi connectivity index (χ3n) is 2.88. The van der Waals surface area contributed by atoms with Gasteiger partial charge in [0.2, 0.25) is 0 Å². The summed E-state index contributed by atoms with van der Waals surface area (Å²) in [5.74, 6) is -0.783. The van der Waals surface area contributed by atoms with E-state index in [2.05, 4.69) is 11.5 Å². The van der Waals surface area contributed by atoms with Crippen molar-refractivity contribution in [3.63, 3.8) is 0 Å². The van der Waals surface area contributed by atoms with Gasteiger partial charge in [0.15, 0.2) is 0 Å². The molecule has 0 aliphatic carbocycles. The Labute approximate surface area is 105 Å². The van der Waals surface area contributed by atoms with E-state index in [1.54, 1.807) is 0 Å². The van der Waals surface area contributed by atoms with Gasteiger partial charge >= 0.3 is 5.97 Å². The number of nitrogens with zero attached hydrogens (tertiary/aromatic N) is 1. The molecule has 0 saturated carbocycles. The van der Waals surface area contributed by atoms with E-state index >= 15 is 0 Å². The molecule has 90 valence electrons. The van der Waals surface area contributed by atoms with Gasteiger partial charge in [-0.1, -0.05) is 17.7 Å². The number of fused-ring (bicyclic) bond motifs is 1. The summed E-state index contributed by atoms with van der Waals surface area (Å²) in [7, 11) is 0. The van der Waals surface area contributed by atoms with Crippen LogP contribution < -0.4 is 0 Å². The molecule has 0 aliphatic heterocycles. The minimum absolute atomic E-state index is 0.133. The topological polar surface area (TPSA) is 42.2 Å². The van der Waals surface area contributed by atoms with Crippen molar-refractivity contribution in [2.24, 2.45) is 0 Å². The Morgan fingerprint density at radius 2 is 2.24 bits per heavy atom. The third-order valence-corrected chi connectivity index (χ3v) is 3.20. The summed E-state index contributed by atoms with van der Waals surface area (Å²) in [6.45, 7) is 2.91. The summed E-state index contributed by atoms with van der Waals surface area (Å²) in [4.78, 5) is 10.6. The van der Waals surface area contributed by atoms with Crippen LogP contribution in [0.2, 0.25) is 5.02 Å². The lowest BCUT2D eigenvalue weighted by Crippen LogP contribution is -1.97. The SMILES string of the molecule is CCn1cc(CCC(=O)O)c2c(Cl)cccc21. The first-order chi connectivity index (χ1) is 8.13. The van der Waals surface area contributed by atoms with Gasteiger partial charge in [0, 0.05) is 30.1 Å². The van der Waals surface area contributed by atoms with Crippen molar-refractivity contribution in [1.29, 1.82) is 0 Å². The van der Waals surface area contributed by atoms with Gasteiger partial charge in [-0.05, 0) is 31.0 Å². The quantitative estimate of drug-likeness (QED) is 0.906. The Bertz CT molecular complexity index is 560. The highest BCUT2D eigenvalue weighted by Crippen LogP contribution is 2.29. The van der Waals surface area contributed by atoms with E-state index in [4.69, 9.17) is 16.7 Å². The molecule has 17 heavy (non-hydrogen) atoms. The molecule has 0 radical (unpaired) electrons. The molecule has 3 nitrogen and oxygen atoms in total. The number of carboxylic acids is 1. The Balaban J connectivity index is 2.51. The highest BCUT2D eigenvalue weighted by atomic mass is 35.5. The number of aryl methyl sites for hydroxylation is 2. The number of carboxylic acid groups (broad SMARTS) is 1. The van der Waals surface area contributed by atoms with Crippen LogP contribution in [0.15, 0.2) is 24.4 Å². The minimum atomic E-state index is -0.783. The molecule has 0 amide bonds. The van der Waals surface area contributed by atoms with E-state index in [0.29, 0.717) is 11.4 Å². The van der Waals surface area contributed by atoms with Crippen LogP contribution in [-0.4, -0.2) is 15.6 Å². The molecule has 0 saturated heterocycles. The molecule has 4 heteroatoms. The first kappa shape index (κ1) is 12.0. The average Bonchev–Trinajstić information content (AvgIpc) is 2.66. The van der Waals surface area contributed by atoms with Gasteiger partial charge in [-0.2, -0.15) is 0 Å². The lowest BCUT2D eigenvalue weighted by atomic mass is 10.1. The monoisotopic (exact) mass is 251 g/mol. The maximum absolute atomic E-state index is 10.6. The van der Waals surface area contributed by atoms with Gasteiger partial charge in [-0.3, -0.25) is 4.79 Å². The molecule has 0 unspecified atom stereocenters. The summed E-state index contributed by atoms with van der Waals surface area (Å²) in [6.07, 6.45) is 2.65. The zero-order valence-electron chi connectivity index (χ0n) is 9.61. The van der Waals surface area contributed by atoms with Gasteiger partial charge in [0.05, 0.1) is 5.02 Å². The largest absolute Gasteiger partial charge is 0.481 e. The number of hydrogen-bond donors (Lipinski definition) is 1. The zero-order valence-corrected chi connectivity index (χ0v) is 10.4. The Hall–Kier alpha value is -1.48. The molecule has 1 N–H and O–H groups in total. The number of carbonyl (C=O) groups is 1. The number of rotatable bonds is 4. The van der Waals surface area contributed by atoms with Crippen LogP contribution in [0.3, 0.4) is 0 Å². The maximum Gasteiger partial charge on any atom is 0.303 e. The van der Waals surface area contributed by atoms with Crippen molar-refractivity contribution < 1.29 is 9.90 Å².